The van der Waals surface area contributed by atoms with Crippen molar-refractivity contribution in [1.82, 2.24) is 9.80 Å². The van der Waals surface area contributed by atoms with Gasteiger partial charge in [-0.2, -0.15) is 0 Å². The Morgan fingerprint density at radius 3 is 2.44 bits per heavy atom. The predicted octanol–water partition coefficient (Wildman–Crippen LogP) is 2.07. The molecule has 1 saturated carbocycles. The summed E-state index contributed by atoms with van der Waals surface area (Å²) in [6, 6.07) is 7.58. The normalized spacial score (nSPS) is 24.2. The lowest BCUT2D eigenvalue weighted by molar-refractivity contribution is -0.142. The average Bonchev–Trinajstić information content (AvgIpc) is 2.63. The molecule has 0 spiro atoms. The van der Waals surface area contributed by atoms with Crippen molar-refractivity contribution < 1.29 is 9.59 Å². The fourth-order valence-electron chi connectivity index (χ4n) is 3.80. The third kappa shape index (κ3) is 4.53. The molecule has 2 unspecified atom stereocenters. The van der Waals surface area contributed by atoms with Crippen LogP contribution in [0, 0.1) is 5.92 Å². The highest BCUT2D eigenvalue weighted by Crippen LogP contribution is 2.25. The molecule has 136 valence electrons. The number of nitrogens with two attached hydrogens (primary N) is 1. The zero-order valence-corrected chi connectivity index (χ0v) is 15.3. The van der Waals surface area contributed by atoms with E-state index in [1.165, 1.54) is 0 Å². The lowest BCUT2D eigenvalue weighted by Crippen LogP contribution is -2.53. The van der Waals surface area contributed by atoms with Gasteiger partial charge in [-0.25, -0.2) is 0 Å². The standard InChI is InChI=1S/C19H26ClN3O2/c20-17-7-2-1-4-14(17)13-18(24)22-8-10-23(11-9-22)19(25)15-5-3-6-16(21)12-15/h1-2,4,7,15-16H,3,5-6,8-13,21H2. The Kier molecular flexibility index (Phi) is 5.97. The lowest BCUT2D eigenvalue weighted by atomic mass is 9.85. The SMILES string of the molecule is NC1CCCC(C(=O)N2CCN(C(=O)Cc3ccccc3Cl)CC2)C1. The minimum Gasteiger partial charge on any atom is -0.339 e. The maximum Gasteiger partial charge on any atom is 0.227 e. The fraction of sp³-hybridized carbons (Fsp3) is 0.579. The van der Waals surface area contributed by atoms with Gasteiger partial charge in [0.05, 0.1) is 6.42 Å². The van der Waals surface area contributed by atoms with Crippen LogP contribution >= 0.6 is 11.6 Å². The van der Waals surface area contributed by atoms with Crippen molar-refractivity contribution in [3.63, 3.8) is 0 Å². The van der Waals surface area contributed by atoms with Gasteiger partial charge >= 0.3 is 0 Å². The van der Waals surface area contributed by atoms with E-state index in [1.807, 2.05) is 28.0 Å². The number of carbonyl (C=O) groups excluding carboxylic acids is 2. The number of halogens is 1. The van der Waals surface area contributed by atoms with Crippen LogP contribution in [-0.4, -0.2) is 53.8 Å². The lowest BCUT2D eigenvalue weighted by Gasteiger charge is -2.38. The number of carbonyl (C=O) groups is 2. The van der Waals surface area contributed by atoms with Crippen molar-refractivity contribution in [2.45, 2.75) is 38.1 Å². The molecule has 2 atom stereocenters. The molecule has 1 aromatic carbocycles. The van der Waals surface area contributed by atoms with E-state index in [0.29, 0.717) is 37.6 Å². The van der Waals surface area contributed by atoms with E-state index in [0.717, 1.165) is 31.2 Å². The zero-order chi connectivity index (χ0) is 17.8. The summed E-state index contributed by atoms with van der Waals surface area (Å²) >= 11 is 6.14. The molecule has 0 aromatic heterocycles. The Hall–Kier alpha value is -1.59. The van der Waals surface area contributed by atoms with Crippen molar-refractivity contribution in [2.24, 2.45) is 11.7 Å². The summed E-state index contributed by atoms with van der Waals surface area (Å²) in [5, 5.41) is 0.623. The quantitative estimate of drug-likeness (QED) is 0.894. The van der Waals surface area contributed by atoms with Crippen LogP contribution in [0.1, 0.15) is 31.2 Å². The molecule has 2 N–H and O–H groups in total. The minimum atomic E-state index is 0.0640. The Balaban J connectivity index is 1.50. The Morgan fingerprint density at radius 2 is 1.76 bits per heavy atom. The third-order valence-electron chi connectivity index (χ3n) is 5.31. The van der Waals surface area contributed by atoms with Crippen LogP contribution in [0.15, 0.2) is 24.3 Å². The summed E-state index contributed by atoms with van der Waals surface area (Å²) in [7, 11) is 0. The molecule has 5 nitrogen and oxygen atoms in total. The van der Waals surface area contributed by atoms with Crippen LogP contribution < -0.4 is 5.73 Å². The zero-order valence-electron chi connectivity index (χ0n) is 14.5. The van der Waals surface area contributed by atoms with Crippen molar-refractivity contribution in [3.8, 4) is 0 Å². The Labute approximate surface area is 154 Å². The topological polar surface area (TPSA) is 66.6 Å². The molecule has 1 saturated heterocycles. The molecule has 2 fully saturated rings. The minimum absolute atomic E-state index is 0.0640. The molecule has 1 heterocycles. The summed E-state index contributed by atoms with van der Waals surface area (Å²) < 4.78 is 0. The van der Waals surface area contributed by atoms with Crippen molar-refractivity contribution in [1.29, 1.82) is 0 Å². The van der Waals surface area contributed by atoms with Gasteiger partial charge in [0.1, 0.15) is 0 Å². The van der Waals surface area contributed by atoms with E-state index >= 15 is 0 Å². The summed E-state index contributed by atoms with van der Waals surface area (Å²) in [5.74, 6) is 0.349. The number of rotatable bonds is 3. The Bertz CT molecular complexity index is 629. The number of benzene rings is 1. The van der Waals surface area contributed by atoms with Crippen molar-refractivity contribution in [3.05, 3.63) is 34.9 Å². The van der Waals surface area contributed by atoms with Gasteiger partial charge in [0, 0.05) is 43.2 Å². The van der Waals surface area contributed by atoms with Gasteiger partial charge in [-0.05, 0) is 30.9 Å². The van der Waals surface area contributed by atoms with Gasteiger partial charge in [-0.1, -0.05) is 36.2 Å². The van der Waals surface area contributed by atoms with Crippen LogP contribution in [0.4, 0.5) is 0 Å². The molecule has 2 amide bonds. The van der Waals surface area contributed by atoms with E-state index in [4.69, 9.17) is 17.3 Å². The molecule has 6 heteroatoms. The summed E-state index contributed by atoms with van der Waals surface area (Å²) in [6.45, 7) is 2.40. The van der Waals surface area contributed by atoms with Crippen LogP contribution in [0.2, 0.25) is 5.02 Å². The predicted molar refractivity (Wildman–Crippen MR) is 98.2 cm³/mol. The largest absolute Gasteiger partial charge is 0.339 e. The molecule has 0 radical (unpaired) electrons. The molecule has 1 aliphatic heterocycles. The fourth-order valence-corrected chi connectivity index (χ4v) is 4.01. The molecule has 3 rings (SSSR count). The first-order chi connectivity index (χ1) is 12.0. The maximum absolute atomic E-state index is 12.7. The van der Waals surface area contributed by atoms with Gasteiger partial charge in [-0.3, -0.25) is 9.59 Å². The average molecular weight is 364 g/mol. The first-order valence-electron chi connectivity index (χ1n) is 9.10. The van der Waals surface area contributed by atoms with Crippen LogP contribution in [0.25, 0.3) is 0 Å². The summed E-state index contributed by atoms with van der Waals surface area (Å²) in [6.07, 6.45) is 4.11. The molecule has 0 bridgehead atoms. The van der Waals surface area contributed by atoms with E-state index < -0.39 is 0 Å². The number of nitrogens with zero attached hydrogens (tertiary/aromatic N) is 2. The van der Waals surface area contributed by atoms with Gasteiger partial charge in [0.15, 0.2) is 0 Å². The van der Waals surface area contributed by atoms with Gasteiger partial charge in [-0.15, -0.1) is 0 Å². The highest BCUT2D eigenvalue weighted by molar-refractivity contribution is 6.31. The van der Waals surface area contributed by atoms with Crippen molar-refractivity contribution >= 4 is 23.4 Å². The molecule has 1 aliphatic carbocycles. The summed E-state index contributed by atoms with van der Waals surface area (Å²) in [5.41, 5.74) is 6.86. The molecule has 1 aromatic rings. The molecule has 25 heavy (non-hydrogen) atoms. The first-order valence-corrected chi connectivity index (χ1v) is 9.48. The number of piperazine rings is 1. The second-order valence-electron chi connectivity index (χ2n) is 7.10. The van der Waals surface area contributed by atoms with E-state index in [9.17, 15) is 9.59 Å². The summed E-state index contributed by atoms with van der Waals surface area (Å²) in [4.78, 5) is 28.9. The van der Waals surface area contributed by atoms with Gasteiger partial charge < -0.3 is 15.5 Å². The number of amides is 2. The highest BCUT2D eigenvalue weighted by Gasteiger charge is 2.31. The first kappa shape index (κ1) is 18.2. The molecular formula is C19H26ClN3O2. The second kappa shape index (κ2) is 8.19. The Morgan fingerprint density at radius 1 is 1.08 bits per heavy atom. The van der Waals surface area contributed by atoms with Gasteiger partial charge in [0.25, 0.3) is 0 Å². The number of hydrogen-bond acceptors (Lipinski definition) is 3. The van der Waals surface area contributed by atoms with E-state index in [2.05, 4.69) is 0 Å². The van der Waals surface area contributed by atoms with Crippen LogP contribution in [-0.2, 0) is 16.0 Å². The number of hydrogen-bond donors (Lipinski definition) is 1. The monoisotopic (exact) mass is 363 g/mol. The van der Waals surface area contributed by atoms with Gasteiger partial charge in [0.2, 0.25) is 11.8 Å². The maximum atomic E-state index is 12.7. The second-order valence-corrected chi connectivity index (χ2v) is 7.51. The molecular weight excluding hydrogens is 338 g/mol. The van der Waals surface area contributed by atoms with E-state index in [-0.39, 0.29) is 23.8 Å². The molecule has 2 aliphatic rings. The van der Waals surface area contributed by atoms with E-state index in [1.54, 1.807) is 6.07 Å². The third-order valence-corrected chi connectivity index (χ3v) is 5.68. The van der Waals surface area contributed by atoms with Crippen LogP contribution in [0.5, 0.6) is 0 Å². The highest BCUT2D eigenvalue weighted by atomic mass is 35.5. The van der Waals surface area contributed by atoms with Crippen LogP contribution in [0.3, 0.4) is 0 Å². The van der Waals surface area contributed by atoms with Crippen molar-refractivity contribution in [2.75, 3.05) is 26.2 Å². The smallest absolute Gasteiger partial charge is 0.227 e.